The summed E-state index contributed by atoms with van der Waals surface area (Å²) in [6.07, 6.45) is 6.30. The van der Waals surface area contributed by atoms with Crippen LogP contribution in [-0.2, 0) is 33.6 Å². The van der Waals surface area contributed by atoms with E-state index in [-0.39, 0.29) is 39.1 Å². The second-order valence-electron chi connectivity index (χ2n) is 9.46. The van der Waals surface area contributed by atoms with Crippen LogP contribution in [0.15, 0.2) is 50.5 Å². The second-order valence-corrected chi connectivity index (χ2v) is 11.8. The van der Waals surface area contributed by atoms with Crippen molar-refractivity contribution in [2.24, 2.45) is 5.41 Å². The molecule has 0 aliphatic rings. The number of hydrogen-bond donors (Lipinski definition) is 6. The fraction of sp³-hybridized carbons (Fsp3) is 0.500. The molecule has 3 aromatic rings. The van der Waals surface area contributed by atoms with E-state index < -0.39 is 23.3 Å². The number of hydrogen-bond acceptors (Lipinski definition) is 9. The number of aryl methyl sites for hydroxylation is 3. The summed E-state index contributed by atoms with van der Waals surface area (Å²) >= 11 is 4.95. The lowest BCUT2D eigenvalue weighted by atomic mass is 9.88. The summed E-state index contributed by atoms with van der Waals surface area (Å²) in [5.74, 6) is -2.12. The molecule has 9 nitrogen and oxygen atoms in total. The van der Waals surface area contributed by atoms with Crippen molar-refractivity contribution in [1.82, 2.24) is 0 Å². The molecule has 0 aliphatic carbocycles. The molecule has 0 unspecified atom stereocenters. The van der Waals surface area contributed by atoms with Gasteiger partial charge in [-0.2, -0.15) is 34.0 Å². The summed E-state index contributed by atoms with van der Waals surface area (Å²) in [4.78, 5) is 30.4. The quantitative estimate of drug-likeness (QED) is 0.112. The first-order chi connectivity index (χ1) is 20.1. The van der Waals surface area contributed by atoms with Gasteiger partial charge in [0, 0.05) is 24.7 Å². The van der Waals surface area contributed by atoms with Crippen molar-refractivity contribution in [3.8, 4) is 0 Å². The van der Waals surface area contributed by atoms with Crippen molar-refractivity contribution in [3.63, 3.8) is 0 Å². The van der Waals surface area contributed by atoms with E-state index in [4.69, 9.17) is 30.6 Å². The fourth-order valence-corrected chi connectivity index (χ4v) is 5.23. The number of carboxylic acid groups (broad SMARTS) is 3. The lowest BCUT2D eigenvalue weighted by molar-refractivity contribution is -0.138. The normalized spacial score (nSPS) is 10.3. The van der Waals surface area contributed by atoms with Crippen LogP contribution in [0.2, 0.25) is 0 Å². The Morgan fingerprint density at radius 3 is 1.02 bits per heavy atom. The zero-order chi connectivity index (χ0) is 31.6. The largest absolute Gasteiger partial charge is 0.481 e. The number of aliphatic hydroxyl groups is 3. The lowest BCUT2D eigenvalue weighted by Gasteiger charge is -2.24. The summed E-state index contributed by atoms with van der Waals surface area (Å²) in [5.41, 5.74) is 3.07. The molecule has 0 aromatic carbocycles. The average Bonchev–Trinajstić information content (AvgIpc) is 3.76. The van der Waals surface area contributed by atoms with Gasteiger partial charge < -0.3 is 30.6 Å². The van der Waals surface area contributed by atoms with Crippen LogP contribution in [0.1, 0.15) is 68.6 Å². The highest BCUT2D eigenvalue weighted by molar-refractivity contribution is 7.08. The molecule has 0 bridgehead atoms. The monoisotopic (exact) mass is 644 g/mol. The highest BCUT2D eigenvalue weighted by Crippen LogP contribution is 2.18. The van der Waals surface area contributed by atoms with E-state index in [1.807, 2.05) is 41.3 Å². The molecule has 0 spiro atoms. The van der Waals surface area contributed by atoms with Gasteiger partial charge in [-0.25, -0.2) is 0 Å². The van der Waals surface area contributed by atoms with Crippen LogP contribution < -0.4 is 0 Å². The third kappa shape index (κ3) is 21.1. The van der Waals surface area contributed by atoms with Crippen LogP contribution in [-0.4, -0.2) is 68.4 Å². The molecule has 0 radical (unpaired) electrons. The molecule has 0 aliphatic heterocycles. The summed E-state index contributed by atoms with van der Waals surface area (Å²) in [6, 6.07) is 6.10. The summed E-state index contributed by atoms with van der Waals surface area (Å²) in [7, 11) is 0. The molecule has 6 N–H and O–H groups in total. The van der Waals surface area contributed by atoms with Crippen molar-refractivity contribution in [1.29, 1.82) is 0 Å². The molecule has 3 aromatic heterocycles. The van der Waals surface area contributed by atoms with E-state index in [1.54, 1.807) is 34.0 Å². The number of aliphatic hydroxyl groups excluding tert-OH is 3. The first-order valence-electron chi connectivity index (χ1n) is 13.6. The SMILES string of the molecule is CCC(CO)(CO)CO.O=C(O)CCCc1ccsc1.O=C(O)CCCc1ccsc1.O=C(O)CCCc1ccsc1. The van der Waals surface area contributed by atoms with Crippen LogP contribution in [0.4, 0.5) is 0 Å². The molecule has 0 atom stereocenters. The minimum Gasteiger partial charge on any atom is -0.481 e. The van der Waals surface area contributed by atoms with E-state index in [1.165, 1.54) is 16.7 Å². The number of thiophene rings is 3. The zero-order valence-corrected chi connectivity index (χ0v) is 26.5. The number of carboxylic acids is 3. The molecule has 0 saturated carbocycles. The predicted octanol–water partition coefficient (Wildman–Crippen LogP) is 5.83. The zero-order valence-electron chi connectivity index (χ0n) is 24.0. The van der Waals surface area contributed by atoms with Crippen LogP contribution in [0, 0.1) is 5.41 Å². The van der Waals surface area contributed by atoms with Gasteiger partial charge in [0.25, 0.3) is 0 Å². The van der Waals surface area contributed by atoms with Crippen LogP contribution >= 0.6 is 34.0 Å². The number of rotatable bonds is 16. The first-order valence-corrected chi connectivity index (χ1v) is 16.4. The molecule has 0 amide bonds. The Labute approximate surface area is 259 Å². The van der Waals surface area contributed by atoms with Crippen molar-refractivity contribution >= 4 is 51.9 Å². The van der Waals surface area contributed by atoms with E-state index in [9.17, 15) is 14.4 Å². The smallest absolute Gasteiger partial charge is 0.303 e. The Hall–Kier alpha value is -2.61. The summed E-state index contributed by atoms with van der Waals surface area (Å²) < 4.78 is 0. The third-order valence-corrected chi connectivity index (χ3v) is 8.26. The van der Waals surface area contributed by atoms with Gasteiger partial charge in [0.05, 0.1) is 19.8 Å². The molecular formula is C30H44O9S3. The first kappa shape index (κ1) is 39.4. The highest BCUT2D eigenvalue weighted by Gasteiger charge is 2.24. The Bertz CT molecular complexity index is 909. The fourth-order valence-electron chi connectivity index (χ4n) is 3.12. The topological polar surface area (TPSA) is 173 Å². The number of carbonyl (C=O) groups is 3. The number of aliphatic carboxylic acids is 3. The standard InChI is InChI=1S/3C8H10O2S.C6H14O3/c3*9-8(10)3-1-2-7-4-5-11-6-7;1-2-6(3-7,4-8)5-9/h3*4-6H,1-3H2,(H,9,10);7-9H,2-5H2,1H3. The Kier molecular flexibility index (Phi) is 23.4. The average molecular weight is 645 g/mol. The minimum absolute atomic E-state index is 0.156. The molecule has 3 rings (SSSR count). The lowest BCUT2D eigenvalue weighted by Crippen LogP contribution is -2.32. The van der Waals surface area contributed by atoms with Crippen LogP contribution in [0.3, 0.4) is 0 Å². The molecule has 0 fully saturated rings. The third-order valence-electron chi connectivity index (χ3n) is 6.06. The van der Waals surface area contributed by atoms with Gasteiger partial charge in [0.15, 0.2) is 0 Å². The van der Waals surface area contributed by atoms with E-state index >= 15 is 0 Å². The maximum atomic E-state index is 10.1. The van der Waals surface area contributed by atoms with Crippen LogP contribution in [0.5, 0.6) is 0 Å². The molecule has 42 heavy (non-hydrogen) atoms. The van der Waals surface area contributed by atoms with Crippen molar-refractivity contribution in [3.05, 3.63) is 67.2 Å². The van der Waals surface area contributed by atoms with Gasteiger partial charge in [-0.1, -0.05) is 6.92 Å². The van der Waals surface area contributed by atoms with Gasteiger partial charge in [-0.05, 0) is 112 Å². The Morgan fingerprint density at radius 1 is 0.595 bits per heavy atom. The highest BCUT2D eigenvalue weighted by atomic mass is 32.1. The second kappa shape index (κ2) is 24.9. The van der Waals surface area contributed by atoms with E-state index in [0.717, 1.165) is 38.5 Å². The maximum absolute atomic E-state index is 10.1. The summed E-state index contributed by atoms with van der Waals surface area (Å²) in [6.45, 7) is 1.35. The van der Waals surface area contributed by atoms with Gasteiger partial charge in [-0.15, -0.1) is 0 Å². The molecule has 3 heterocycles. The van der Waals surface area contributed by atoms with Crippen LogP contribution in [0.25, 0.3) is 0 Å². The van der Waals surface area contributed by atoms with Gasteiger partial charge in [0.1, 0.15) is 0 Å². The van der Waals surface area contributed by atoms with Gasteiger partial charge >= 0.3 is 17.9 Å². The van der Waals surface area contributed by atoms with Crippen molar-refractivity contribution in [2.75, 3.05) is 19.8 Å². The van der Waals surface area contributed by atoms with Crippen molar-refractivity contribution < 1.29 is 45.0 Å². The predicted molar refractivity (Wildman–Crippen MR) is 169 cm³/mol. The van der Waals surface area contributed by atoms with Gasteiger partial charge in [-0.3, -0.25) is 14.4 Å². The molecular weight excluding hydrogens is 601 g/mol. The van der Waals surface area contributed by atoms with E-state index in [2.05, 4.69) is 16.1 Å². The summed E-state index contributed by atoms with van der Waals surface area (Å²) in [5, 5.41) is 63.2. The van der Waals surface area contributed by atoms with Gasteiger partial charge in [0.2, 0.25) is 0 Å². The van der Waals surface area contributed by atoms with E-state index in [0.29, 0.717) is 6.42 Å². The molecule has 236 valence electrons. The van der Waals surface area contributed by atoms with Crippen molar-refractivity contribution in [2.45, 2.75) is 71.1 Å². The molecule has 12 heteroatoms. The minimum atomic E-state index is -0.708. The Balaban J connectivity index is 0.000000536. The maximum Gasteiger partial charge on any atom is 0.303 e. The Morgan fingerprint density at radius 2 is 0.881 bits per heavy atom. The molecule has 0 saturated heterocycles.